The Bertz CT molecular complexity index is 1290. The number of benzene rings is 1. The lowest BCUT2D eigenvalue weighted by Crippen LogP contribution is -2.56. The van der Waals surface area contributed by atoms with Crippen LogP contribution in [0.15, 0.2) is 48.9 Å². The van der Waals surface area contributed by atoms with Crippen molar-refractivity contribution in [1.29, 1.82) is 0 Å². The number of alkyl carbamates (subject to hydrolysis) is 1. The molecule has 1 aliphatic rings. The summed E-state index contributed by atoms with van der Waals surface area (Å²) >= 11 is 0. The quantitative estimate of drug-likeness (QED) is 0.133. The number of aromatic nitrogens is 2. The number of carbonyl (C=O) groups excluding carboxylic acids is 3. The van der Waals surface area contributed by atoms with Gasteiger partial charge in [0.25, 0.3) is 5.91 Å². The zero-order valence-corrected chi connectivity index (χ0v) is 30.1. The second-order valence-electron chi connectivity index (χ2n) is 12.1. The minimum absolute atomic E-state index is 0.0928. The number of rotatable bonds is 15. The maximum atomic E-state index is 13.8. The molecule has 0 radical (unpaired) electrons. The topological polar surface area (TPSA) is 202 Å². The number of nitrogens with zero attached hydrogens (tertiary/aromatic N) is 3. The average molecular weight is 723 g/mol. The van der Waals surface area contributed by atoms with Gasteiger partial charge in [0.05, 0.1) is 12.1 Å². The standard InChI is InChI=1S/C31H49BN6O9P2/c1-23(2)20-27(36-28(39)25(21-24-10-4-3-5-11-24)35-29(40)26-22-33-12-13-34-26)32-46-17-8-6-14-38(15-7-9-18-47-32)16-19-45-30(41)37-31(48-42)49(43)44/h3-5,10-13,22-23,25,27,31,42,48-49H,6-9,14-21H2,1-2H3,(H,35,40)(H,36,39)(H,37,41)(H,43,44)/t25-,27-,31?/m1/s1. The molecule has 1 aromatic carbocycles. The highest BCUT2D eigenvalue weighted by molar-refractivity contribution is 7.54. The van der Waals surface area contributed by atoms with E-state index in [1.807, 2.05) is 30.3 Å². The molecule has 270 valence electrons. The molecule has 0 aliphatic carbocycles. The smallest absolute Gasteiger partial charge is 0.448 e. The van der Waals surface area contributed by atoms with Crippen LogP contribution in [0, 0.1) is 5.92 Å². The summed E-state index contributed by atoms with van der Waals surface area (Å²) in [5.41, 5.74) is -0.202. The molecular weight excluding hydrogens is 673 g/mol. The zero-order chi connectivity index (χ0) is 35.4. The molecular formula is C31H49BN6O9P2. The van der Waals surface area contributed by atoms with Gasteiger partial charge in [0, 0.05) is 47.4 Å². The Morgan fingerprint density at radius 1 is 1.04 bits per heavy atom. The Labute approximate surface area is 290 Å². The number of amides is 3. The fraction of sp³-hybridized carbons (Fsp3) is 0.581. The van der Waals surface area contributed by atoms with Gasteiger partial charge in [-0.25, -0.2) is 9.78 Å². The molecule has 2 aromatic rings. The van der Waals surface area contributed by atoms with Crippen molar-refractivity contribution >= 4 is 41.9 Å². The SMILES string of the molecule is CC(C)C[C@@H](NC(=O)[C@@H](Cc1ccccc1)NC(=O)c1cnccn1)B1OCCCCN(CCOC(=O)NC(PO)[PH](=O)O)CCCCO1. The van der Waals surface area contributed by atoms with Gasteiger partial charge in [0.1, 0.15) is 23.9 Å². The Morgan fingerprint density at radius 3 is 2.33 bits per heavy atom. The fourth-order valence-electron chi connectivity index (χ4n) is 5.20. The molecule has 49 heavy (non-hydrogen) atoms. The number of ether oxygens (including phenoxy) is 1. The van der Waals surface area contributed by atoms with Crippen molar-refractivity contribution in [3.8, 4) is 0 Å². The second-order valence-corrected chi connectivity index (χ2v) is 14.8. The highest BCUT2D eigenvalue weighted by Gasteiger charge is 2.35. The van der Waals surface area contributed by atoms with Crippen LogP contribution in [-0.2, 0) is 29.8 Å². The predicted molar refractivity (Wildman–Crippen MR) is 187 cm³/mol. The third-order valence-corrected chi connectivity index (χ3v) is 9.83. The van der Waals surface area contributed by atoms with Gasteiger partial charge < -0.3 is 39.8 Å². The van der Waals surface area contributed by atoms with Crippen molar-refractivity contribution in [1.82, 2.24) is 30.8 Å². The lowest BCUT2D eigenvalue weighted by atomic mass is 9.73. The third-order valence-electron chi connectivity index (χ3n) is 7.66. The van der Waals surface area contributed by atoms with Crippen molar-refractivity contribution in [3.05, 3.63) is 60.2 Å². The lowest BCUT2D eigenvalue weighted by Gasteiger charge is -2.29. The Balaban J connectivity index is 1.58. The summed E-state index contributed by atoms with van der Waals surface area (Å²) in [7, 11) is -4.69. The highest BCUT2D eigenvalue weighted by Crippen LogP contribution is 2.31. The molecule has 3 rings (SSSR count). The number of nitrogens with one attached hydrogen (secondary N) is 3. The molecule has 18 heteroatoms. The summed E-state index contributed by atoms with van der Waals surface area (Å²) < 4.78 is 28.8. The van der Waals surface area contributed by atoms with Gasteiger partial charge in [-0.2, -0.15) is 0 Å². The van der Waals surface area contributed by atoms with Gasteiger partial charge in [0.15, 0.2) is 0 Å². The minimum atomic E-state index is -3.11. The van der Waals surface area contributed by atoms with Gasteiger partial charge in [-0.15, -0.1) is 0 Å². The fourth-order valence-corrected chi connectivity index (χ4v) is 6.07. The van der Waals surface area contributed by atoms with E-state index >= 15 is 0 Å². The van der Waals surface area contributed by atoms with Crippen LogP contribution in [-0.4, -0.2) is 107 Å². The lowest BCUT2D eigenvalue weighted by molar-refractivity contribution is -0.123. The normalized spacial score (nSPS) is 17.7. The molecule has 15 nitrogen and oxygen atoms in total. The third kappa shape index (κ3) is 15.6. The molecule has 0 bridgehead atoms. The second kappa shape index (κ2) is 22.7. The Hall–Kier alpha value is -2.97. The first-order valence-electron chi connectivity index (χ1n) is 16.6. The van der Waals surface area contributed by atoms with Crippen molar-refractivity contribution in [2.24, 2.45) is 5.92 Å². The first-order chi connectivity index (χ1) is 23.7. The number of carbonyl (C=O) groups is 3. The Kier molecular flexibility index (Phi) is 18.7. The molecule has 1 fully saturated rings. The first-order valence-corrected chi connectivity index (χ1v) is 19.0. The maximum absolute atomic E-state index is 13.8. The molecule has 3 amide bonds. The Morgan fingerprint density at radius 2 is 1.73 bits per heavy atom. The van der Waals surface area contributed by atoms with Crippen LogP contribution in [0.3, 0.4) is 0 Å². The molecule has 0 saturated carbocycles. The van der Waals surface area contributed by atoms with Crippen LogP contribution in [0.2, 0.25) is 0 Å². The number of hydrogen-bond donors (Lipinski definition) is 5. The summed E-state index contributed by atoms with van der Waals surface area (Å²) in [6, 6.07) is 8.59. The van der Waals surface area contributed by atoms with E-state index in [9.17, 15) is 18.9 Å². The molecule has 1 aromatic heterocycles. The van der Waals surface area contributed by atoms with E-state index < -0.39 is 53.5 Å². The van der Waals surface area contributed by atoms with Crippen LogP contribution < -0.4 is 16.0 Å². The van der Waals surface area contributed by atoms with Crippen LogP contribution in [0.5, 0.6) is 0 Å². The van der Waals surface area contributed by atoms with Crippen LogP contribution in [0.1, 0.15) is 62.0 Å². The van der Waals surface area contributed by atoms with Gasteiger partial charge in [-0.1, -0.05) is 44.2 Å². The van der Waals surface area contributed by atoms with Gasteiger partial charge in [-0.3, -0.25) is 24.0 Å². The summed E-state index contributed by atoms with van der Waals surface area (Å²) in [5, 5.41) is 8.18. The molecule has 1 aliphatic heterocycles. The van der Waals surface area contributed by atoms with Gasteiger partial charge in [0.2, 0.25) is 13.9 Å². The van der Waals surface area contributed by atoms with Crippen molar-refractivity contribution < 1.29 is 42.8 Å². The minimum Gasteiger partial charge on any atom is -0.448 e. The van der Waals surface area contributed by atoms with E-state index in [1.165, 1.54) is 18.6 Å². The van der Waals surface area contributed by atoms with E-state index in [1.54, 1.807) is 0 Å². The molecule has 1 saturated heterocycles. The van der Waals surface area contributed by atoms with Gasteiger partial charge >= 0.3 is 13.2 Å². The summed E-state index contributed by atoms with van der Waals surface area (Å²) in [6.45, 7) is 7.02. The summed E-state index contributed by atoms with van der Waals surface area (Å²) in [4.78, 5) is 67.3. The van der Waals surface area contributed by atoms with Crippen LogP contribution >= 0.6 is 16.8 Å². The summed E-state index contributed by atoms with van der Waals surface area (Å²) in [6.07, 6.45) is 7.37. The van der Waals surface area contributed by atoms with Crippen LogP contribution in [0.25, 0.3) is 0 Å². The van der Waals surface area contributed by atoms with E-state index in [0.29, 0.717) is 26.2 Å². The monoisotopic (exact) mass is 722 g/mol. The van der Waals surface area contributed by atoms with E-state index in [0.717, 1.165) is 44.3 Å². The molecule has 0 spiro atoms. The predicted octanol–water partition coefficient (Wildman–Crippen LogP) is 2.35. The molecule has 5 atom stereocenters. The highest BCUT2D eigenvalue weighted by atomic mass is 31.2. The average Bonchev–Trinajstić information content (AvgIpc) is 3.08. The van der Waals surface area contributed by atoms with E-state index in [4.69, 9.17) is 23.8 Å². The maximum Gasteiger partial charge on any atom is 0.480 e. The van der Waals surface area contributed by atoms with E-state index in [2.05, 4.69) is 44.7 Å². The molecule has 2 heterocycles. The van der Waals surface area contributed by atoms with Crippen molar-refractivity contribution in [3.63, 3.8) is 0 Å². The zero-order valence-electron chi connectivity index (χ0n) is 28.1. The largest absolute Gasteiger partial charge is 0.480 e. The van der Waals surface area contributed by atoms with Crippen LogP contribution in [0.4, 0.5) is 4.79 Å². The number of hydrogen-bond acceptors (Lipinski definition) is 11. The molecule has 3 unspecified atom stereocenters. The molecule has 5 N–H and O–H groups in total. The van der Waals surface area contributed by atoms with Crippen molar-refractivity contribution in [2.75, 3.05) is 39.5 Å². The van der Waals surface area contributed by atoms with Gasteiger partial charge in [-0.05, 0) is 56.7 Å². The summed E-state index contributed by atoms with van der Waals surface area (Å²) in [5.74, 6) is -1.09. The first kappa shape index (κ1) is 40.5. The van der Waals surface area contributed by atoms with Crippen molar-refractivity contribution in [2.45, 2.75) is 69.9 Å². The van der Waals surface area contributed by atoms with E-state index in [-0.39, 0.29) is 30.5 Å².